The molecule has 2 heteroatoms. The largest absolute Gasteiger partial charge is 0.304 e. The number of hydrogen-bond acceptors (Lipinski definition) is 2. The second kappa shape index (κ2) is 10.5. The molecule has 0 saturated heterocycles. The molecule has 2 unspecified atom stereocenters. The summed E-state index contributed by atoms with van der Waals surface area (Å²) in [6, 6.07) is 30.7. The van der Waals surface area contributed by atoms with Crippen molar-refractivity contribution < 1.29 is 0 Å². The summed E-state index contributed by atoms with van der Waals surface area (Å²) < 4.78 is 0. The van der Waals surface area contributed by atoms with Gasteiger partial charge in [-0.2, -0.15) is 0 Å². The average Bonchev–Trinajstić information content (AvgIpc) is 2.75. The second-order valence-corrected chi connectivity index (χ2v) is 8.48. The normalized spacial score (nSPS) is 13.4. The van der Waals surface area contributed by atoms with Crippen LogP contribution >= 0.6 is 11.8 Å². The first kappa shape index (κ1) is 20.7. The average molecular weight is 390 g/mol. The summed E-state index contributed by atoms with van der Waals surface area (Å²) >= 11 is 1.82. The zero-order valence-corrected chi connectivity index (χ0v) is 18.0. The summed E-state index contributed by atoms with van der Waals surface area (Å²) in [7, 11) is 0. The summed E-state index contributed by atoms with van der Waals surface area (Å²) in [5.74, 6) is 0.965. The molecule has 28 heavy (non-hydrogen) atoms. The van der Waals surface area contributed by atoms with Crippen LogP contribution in [0.5, 0.6) is 0 Å². The van der Waals surface area contributed by atoms with Crippen molar-refractivity contribution in [2.45, 2.75) is 36.5 Å². The van der Waals surface area contributed by atoms with Crippen molar-refractivity contribution in [2.24, 2.45) is 5.92 Å². The summed E-state index contributed by atoms with van der Waals surface area (Å²) in [6.07, 6.45) is 0. The van der Waals surface area contributed by atoms with Crippen molar-refractivity contribution in [2.75, 3.05) is 19.6 Å². The van der Waals surface area contributed by atoms with Crippen LogP contribution in [0.25, 0.3) is 0 Å². The highest BCUT2D eigenvalue weighted by Gasteiger charge is 2.22. The van der Waals surface area contributed by atoms with Gasteiger partial charge in [0.25, 0.3) is 0 Å². The lowest BCUT2D eigenvalue weighted by molar-refractivity contribution is 0.250. The van der Waals surface area contributed by atoms with Gasteiger partial charge in [-0.15, -0.1) is 0 Å². The third-order valence-electron chi connectivity index (χ3n) is 5.39. The van der Waals surface area contributed by atoms with Gasteiger partial charge in [-0.3, -0.25) is 0 Å². The van der Waals surface area contributed by atoms with E-state index in [2.05, 4.69) is 111 Å². The predicted molar refractivity (Wildman–Crippen MR) is 122 cm³/mol. The fourth-order valence-electron chi connectivity index (χ4n) is 3.87. The molecule has 0 amide bonds. The van der Waals surface area contributed by atoms with Crippen LogP contribution in [0.3, 0.4) is 0 Å². The van der Waals surface area contributed by atoms with Crippen molar-refractivity contribution in [3.05, 3.63) is 96.1 Å². The monoisotopic (exact) mass is 389 g/mol. The Bertz CT molecular complexity index is 810. The Morgan fingerprint density at radius 3 is 1.75 bits per heavy atom. The second-order valence-electron chi connectivity index (χ2n) is 7.34. The Labute approximate surface area is 174 Å². The fourth-order valence-corrected chi connectivity index (χ4v) is 4.71. The lowest BCUT2D eigenvalue weighted by atomic mass is 9.81. The highest BCUT2D eigenvalue weighted by molar-refractivity contribution is 7.99. The molecule has 3 rings (SSSR count). The molecule has 0 fully saturated rings. The maximum Gasteiger partial charge on any atom is 0.0127 e. The zero-order chi connectivity index (χ0) is 19.8. The van der Waals surface area contributed by atoms with Gasteiger partial charge in [0.1, 0.15) is 0 Å². The first-order valence-electron chi connectivity index (χ1n) is 10.3. The van der Waals surface area contributed by atoms with Gasteiger partial charge in [0.15, 0.2) is 0 Å². The molecule has 0 spiro atoms. The molecule has 146 valence electrons. The highest BCUT2D eigenvalue weighted by Crippen LogP contribution is 2.35. The van der Waals surface area contributed by atoms with Crippen molar-refractivity contribution in [1.82, 2.24) is 4.90 Å². The van der Waals surface area contributed by atoms with Gasteiger partial charge in [0.2, 0.25) is 0 Å². The summed E-state index contributed by atoms with van der Waals surface area (Å²) in [6.45, 7) is 10.2. The lowest BCUT2D eigenvalue weighted by Crippen LogP contribution is -2.31. The maximum atomic E-state index is 2.53. The predicted octanol–water partition coefficient (Wildman–Crippen LogP) is 6.95. The summed E-state index contributed by atoms with van der Waals surface area (Å²) in [4.78, 5) is 5.10. The standard InChI is InChI=1S/C26H31NS/c1-4-27(5-2)20-21(3)26(22-12-8-6-9-13-22)23-16-18-25(19-17-23)28-24-14-10-7-11-15-24/h6-19,21,26H,4-5,20H2,1-3H3. The van der Waals surface area contributed by atoms with Gasteiger partial charge < -0.3 is 4.90 Å². The van der Waals surface area contributed by atoms with Crippen LogP contribution in [0, 0.1) is 5.92 Å². The van der Waals surface area contributed by atoms with E-state index in [0.29, 0.717) is 11.8 Å². The molecule has 0 aliphatic heterocycles. The lowest BCUT2D eigenvalue weighted by Gasteiger charge is -2.30. The van der Waals surface area contributed by atoms with E-state index in [1.165, 1.54) is 20.9 Å². The van der Waals surface area contributed by atoms with E-state index in [-0.39, 0.29) is 0 Å². The Kier molecular flexibility index (Phi) is 7.76. The van der Waals surface area contributed by atoms with Crippen molar-refractivity contribution in [3.63, 3.8) is 0 Å². The van der Waals surface area contributed by atoms with Gasteiger partial charge >= 0.3 is 0 Å². The molecule has 0 aliphatic rings. The molecule has 3 aromatic rings. The van der Waals surface area contributed by atoms with Crippen molar-refractivity contribution >= 4 is 11.8 Å². The molecule has 0 bridgehead atoms. The topological polar surface area (TPSA) is 3.24 Å². The fraction of sp³-hybridized carbons (Fsp3) is 0.308. The SMILES string of the molecule is CCN(CC)CC(C)C(c1ccccc1)c1ccc(Sc2ccccc2)cc1. The molecule has 0 N–H and O–H groups in total. The highest BCUT2D eigenvalue weighted by atomic mass is 32.2. The van der Waals surface area contributed by atoms with Crippen LogP contribution in [0.1, 0.15) is 37.8 Å². The van der Waals surface area contributed by atoms with Crippen LogP contribution in [0.4, 0.5) is 0 Å². The van der Waals surface area contributed by atoms with Gasteiger partial charge in [0, 0.05) is 22.3 Å². The van der Waals surface area contributed by atoms with Crippen LogP contribution in [-0.2, 0) is 0 Å². The van der Waals surface area contributed by atoms with Gasteiger partial charge in [0.05, 0.1) is 0 Å². The Morgan fingerprint density at radius 1 is 0.679 bits per heavy atom. The molecule has 0 heterocycles. The number of rotatable bonds is 9. The molecular weight excluding hydrogens is 358 g/mol. The zero-order valence-electron chi connectivity index (χ0n) is 17.2. The van der Waals surface area contributed by atoms with Gasteiger partial charge in [-0.1, -0.05) is 93.2 Å². The number of benzene rings is 3. The summed E-state index contributed by atoms with van der Waals surface area (Å²) in [5, 5.41) is 0. The van der Waals surface area contributed by atoms with E-state index in [1.807, 2.05) is 11.8 Å². The maximum absolute atomic E-state index is 2.53. The minimum Gasteiger partial charge on any atom is -0.304 e. The first-order valence-corrected chi connectivity index (χ1v) is 11.1. The molecule has 0 aliphatic carbocycles. The van der Waals surface area contributed by atoms with Gasteiger partial charge in [-0.05, 0) is 54.4 Å². The van der Waals surface area contributed by atoms with E-state index in [1.54, 1.807) is 0 Å². The first-order chi connectivity index (χ1) is 13.7. The number of hydrogen-bond donors (Lipinski definition) is 0. The van der Waals surface area contributed by atoms with Crippen LogP contribution < -0.4 is 0 Å². The quantitative estimate of drug-likeness (QED) is 0.389. The summed E-state index contributed by atoms with van der Waals surface area (Å²) in [5.41, 5.74) is 2.81. The molecule has 0 radical (unpaired) electrons. The third kappa shape index (κ3) is 5.50. The van der Waals surface area contributed by atoms with Crippen LogP contribution in [0.15, 0.2) is 94.7 Å². The third-order valence-corrected chi connectivity index (χ3v) is 6.40. The Morgan fingerprint density at radius 2 is 1.18 bits per heavy atom. The van der Waals surface area contributed by atoms with E-state index in [9.17, 15) is 0 Å². The Balaban J connectivity index is 1.83. The van der Waals surface area contributed by atoms with E-state index >= 15 is 0 Å². The minimum absolute atomic E-state index is 0.414. The van der Waals surface area contributed by atoms with E-state index < -0.39 is 0 Å². The van der Waals surface area contributed by atoms with Crippen LogP contribution in [-0.4, -0.2) is 24.5 Å². The molecular formula is C26H31NS. The molecule has 0 aromatic heterocycles. The minimum atomic E-state index is 0.414. The van der Waals surface area contributed by atoms with Crippen molar-refractivity contribution in [3.8, 4) is 0 Å². The number of nitrogens with zero attached hydrogens (tertiary/aromatic N) is 1. The van der Waals surface area contributed by atoms with E-state index in [0.717, 1.165) is 19.6 Å². The Hall–Kier alpha value is -2.03. The molecule has 0 saturated carbocycles. The molecule has 3 aromatic carbocycles. The van der Waals surface area contributed by atoms with Crippen LogP contribution in [0.2, 0.25) is 0 Å². The molecule has 1 nitrogen and oxygen atoms in total. The van der Waals surface area contributed by atoms with E-state index in [4.69, 9.17) is 0 Å². The smallest absolute Gasteiger partial charge is 0.0127 e. The van der Waals surface area contributed by atoms with Gasteiger partial charge in [-0.25, -0.2) is 0 Å². The van der Waals surface area contributed by atoms with Crippen molar-refractivity contribution in [1.29, 1.82) is 0 Å². The molecule has 2 atom stereocenters.